The fraction of sp³-hybridized carbons (Fsp3) is 0.346. The average molecular weight is 466 g/mol. The smallest absolute Gasteiger partial charge is 0.338 e. The number of hydrogen-bond acceptors (Lipinski definition) is 4. The highest BCUT2D eigenvalue weighted by atomic mass is 32.1. The highest BCUT2D eigenvalue weighted by Gasteiger charge is 2.33. The molecule has 7 heteroatoms. The molecule has 3 rings (SSSR count). The number of aryl methyl sites for hydroxylation is 1. The van der Waals surface area contributed by atoms with Gasteiger partial charge in [0.25, 0.3) is 5.91 Å². The first-order chi connectivity index (χ1) is 15.8. The lowest BCUT2D eigenvalue weighted by Gasteiger charge is -2.35. The summed E-state index contributed by atoms with van der Waals surface area (Å²) >= 11 is 5.43. The van der Waals surface area contributed by atoms with E-state index in [-0.39, 0.29) is 11.9 Å². The second-order valence-corrected chi connectivity index (χ2v) is 8.42. The summed E-state index contributed by atoms with van der Waals surface area (Å²) in [5.74, 6) is -0.534. The number of esters is 1. The maximum absolute atomic E-state index is 12.6. The summed E-state index contributed by atoms with van der Waals surface area (Å²) in [6.07, 6.45) is 3.31. The number of unbranched alkanes of at least 4 members (excludes halogenated alkanes) is 1. The maximum Gasteiger partial charge on any atom is 0.338 e. The van der Waals surface area contributed by atoms with Gasteiger partial charge in [0.2, 0.25) is 0 Å². The van der Waals surface area contributed by atoms with Crippen molar-refractivity contribution < 1.29 is 14.3 Å². The number of hydrogen-bond donors (Lipinski definition) is 2. The van der Waals surface area contributed by atoms with E-state index in [0.717, 1.165) is 30.5 Å². The molecule has 0 spiro atoms. The van der Waals surface area contributed by atoms with Gasteiger partial charge in [-0.05, 0) is 74.3 Å². The number of allylic oxidation sites excluding steroid dienone is 1. The monoisotopic (exact) mass is 465 g/mol. The Morgan fingerprint density at radius 2 is 1.76 bits per heavy atom. The summed E-state index contributed by atoms with van der Waals surface area (Å²) in [4.78, 5) is 27.1. The van der Waals surface area contributed by atoms with Crippen molar-refractivity contribution in [3.8, 4) is 0 Å². The summed E-state index contributed by atoms with van der Waals surface area (Å²) in [5, 5.41) is 6.68. The standard InChI is InChI=1S/C26H31N3O3S/c1-5-7-8-18-9-11-20(12-10-18)24(30)27-21-15-13-19(14-16-21)23-22(25(31)32-6-2)17(3)29(4)26(33)28-23/h9-16,23H,5-8H2,1-4H3,(H,27,30)(H,28,33). The predicted octanol–water partition coefficient (Wildman–Crippen LogP) is 4.98. The van der Waals surface area contributed by atoms with Crippen LogP contribution in [0.25, 0.3) is 0 Å². The van der Waals surface area contributed by atoms with Gasteiger partial charge >= 0.3 is 5.97 Å². The van der Waals surface area contributed by atoms with Crippen LogP contribution in [0.1, 0.15) is 61.1 Å². The first-order valence-corrected chi connectivity index (χ1v) is 11.7. The number of nitrogens with one attached hydrogen (secondary N) is 2. The molecule has 2 aromatic carbocycles. The van der Waals surface area contributed by atoms with E-state index in [1.807, 2.05) is 62.5 Å². The van der Waals surface area contributed by atoms with Gasteiger partial charge in [-0.25, -0.2) is 4.79 Å². The highest BCUT2D eigenvalue weighted by molar-refractivity contribution is 7.80. The fourth-order valence-corrected chi connectivity index (χ4v) is 3.98. The number of ether oxygens (including phenoxy) is 1. The van der Waals surface area contributed by atoms with Gasteiger partial charge in [-0.15, -0.1) is 0 Å². The summed E-state index contributed by atoms with van der Waals surface area (Å²) < 4.78 is 5.28. The van der Waals surface area contributed by atoms with Gasteiger partial charge in [0.05, 0.1) is 18.2 Å². The second-order valence-electron chi connectivity index (χ2n) is 8.04. The molecular formula is C26H31N3O3S. The lowest BCUT2D eigenvalue weighted by Crippen LogP contribution is -2.46. The molecule has 0 saturated carbocycles. The van der Waals surface area contributed by atoms with Gasteiger partial charge in [0.1, 0.15) is 0 Å². The fourth-order valence-electron chi connectivity index (χ4n) is 3.72. The number of carbonyl (C=O) groups excluding carboxylic acids is 2. The Morgan fingerprint density at radius 3 is 2.36 bits per heavy atom. The van der Waals surface area contributed by atoms with E-state index < -0.39 is 6.04 Å². The van der Waals surface area contributed by atoms with Gasteiger partial charge < -0.3 is 20.3 Å². The van der Waals surface area contributed by atoms with Gasteiger partial charge in [-0.3, -0.25) is 4.79 Å². The first kappa shape index (κ1) is 24.5. The van der Waals surface area contributed by atoms with Crippen LogP contribution in [0.5, 0.6) is 0 Å². The van der Waals surface area contributed by atoms with E-state index in [4.69, 9.17) is 17.0 Å². The number of anilines is 1. The lowest BCUT2D eigenvalue weighted by molar-refractivity contribution is -0.139. The zero-order valence-corrected chi connectivity index (χ0v) is 20.4. The van der Waals surface area contributed by atoms with Crippen LogP contribution in [0, 0.1) is 0 Å². The number of carbonyl (C=O) groups is 2. The van der Waals surface area contributed by atoms with Crippen molar-refractivity contribution >= 4 is 34.9 Å². The van der Waals surface area contributed by atoms with Crippen LogP contribution >= 0.6 is 12.2 Å². The molecule has 1 amide bonds. The molecule has 0 aliphatic carbocycles. The summed E-state index contributed by atoms with van der Waals surface area (Å²) in [5.41, 5.74) is 4.65. The molecule has 0 bridgehead atoms. The molecule has 33 heavy (non-hydrogen) atoms. The topological polar surface area (TPSA) is 70.7 Å². The van der Waals surface area contributed by atoms with Crippen molar-refractivity contribution in [2.45, 2.75) is 46.1 Å². The molecule has 1 heterocycles. The van der Waals surface area contributed by atoms with Gasteiger partial charge in [-0.1, -0.05) is 37.6 Å². The van der Waals surface area contributed by atoms with E-state index in [1.54, 1.807) is 11.8 Å². The summed E-state index contributed by atoms with van der Waals surface area (Å²) in [6.45, 7) is 6.10. The predicted molar refractivity (Wildman–Crippen MR) is 135 cm³/mol. The van der Waals surface area contributed by atoms with Crippen LogP contribution in [0.4, 0.5) is 5.69 Å². The van der Waals surface area contributed by atoms with Crippen LogP contribution in [0.15, 0.2) is 59.8 Å². The Kier molecular flexibility index (Phi) is 8.22. The highest BCUT2D eigenvalue weighted by Crippen LogP contribution is 2.31. The molecule has 0 aromatic heterocycles. The molecule has 6 nitrogen and oxygen atoms in total. The largest absolute Gasteiger partial charge is 0.463 e. The van der Waals surface area contributed by atoms with Gasteiger partial charge in [0.15, 0.2) is 5.11 Å². The Morgan fingerprint density at radius 1 is 1.09 bits per heavy atom. The van der Waals surface area contributed by atoms with Crippen LogP contribution in [0.3, 0.4) is 0 Å². The van der Waals surface area contributed by atoms with E-state index in [9.17, 15) is 9.59 Å². The quantitative estimate of drug-likeness (QED) is 0.423. The number of nitrogens with zero attached hydrogens (tertiary/aromatic N) is 1. The molecule has 1 unspecified atom stereocenters. The zero-order chi connectivity index (χ0) is 24.0. The van der Waals surface area contributed by atoms with E-state index in [1.165, 1.54) is 5.56 Å². The van der Waals surface area contributed by atoms with E-state index in [2.05, 4.69) is 17.6 Å². The second kappa shape index (κ2) is 11.1. The van der Waals surface area contributed by atoms with Gasteiger partial charge in [-0.2, -0.15) is 0 Å². The molecular weight excluding hydrogens is 434 g/mol. The molecule has 2 N–H and O–H groups in total. The summed E-state index contributed by atoms with van der Waals surface area (Å²) in [7, 11) is 1.81. The van der Waals surface area contributed by atoms with Crippen molar-refractivity contribution in [3.05, 3.63) is 76.5 Å². The minimum atomic E-state index is -0.423. The van der Waals surface area contributed by atoms with Crippen LogP contribution < -0.4 is 10.6 Å². The molecule has 1 atom stereocenters. The Balaban J connectivity index is 1.75. The van der Waals surface area contributed by atoms with Crippen molar-refractivity contribution in [1.29, 1.82) is 0 Å². The first-order valence-electron chi connectivity index (χ1n) is 11.3. The number of thiocarbonyl (C=S) groups is 1. The normalized spacial score (nSPS) is 15.8. The van der Waals surface area contributed by atoms with Crippen molar-refractivity contribution in [2.75, 3.05) is 19.0 Å². The maximum atomic E-state index is 12.6. The Bertz CT molecular complexity index is 1050. The average Bonchev–Trinajstić information content (AvgIpc) is 2.82. The Labute approximate surface area is 201 Å². The lowest BCUT2D eigenvalue weighted by atomic mass is 9.95. The van der Waals surface area contributed by atoms with E-state index in [0.29, 0.717) is 28.5 Å². The molecule has 0 saturated heterocycles. The summed E-state index contributed by atoms with van der Waals surface area (Å²) in [6, 6.07) is 14.7. The SMILES string of the molecule is CCCCc1ccc(C(=O)Nc2ccc(C3NC(=S)N(C)C(C)=C3C(=O)OCC)cc2)cc1. The molecule has 1 aliphatic heterocycles. The third-order valence-electron chi connectivity index (χ3n) is 5.79. The molecule has 1 aliphatic rings. The zero-order valence-electron chi connectivity index (χ0n) is 19.6. The minimum Gasteiger partial charge on any atom is -0.463 e. The van der Waals surface area contributed by atoms with Crippen molar-refractivity contribution in [2.24, 2.45) is 0 Å². The van der Waals surface area contributed by atoms with Crippen LogP contribution in [-0.4, -0.2) is 35.5 Å². The van der Waals surface area contributed by atoms with Crippen molar-refractivity contribution in [3.63, 3.8) is 0 Å². The van der Waals surface area contributed by atoms with Crippen LogP contribution in [0.2, 0.25) is 0 Å². The molecule has 2 aromatic rings. The molecule has 174 valence electrons. The Hall–Kier alpha value is -3.19. The molecule has 0 fully saturated rings. The van der Waals surface area contributed by atoms with Gasteiger partial charge in [0, 0.05) is 24.0 Å². The number of amides is 1. The van der Waals surface area contributed by atoms with E-state index >= 15 is 0 Å². The van der Waals surface area contributed by atoms with Crippen molar-refractivity contribution in [1.82, 2.24) is 10.2 Å². The third kappa shape index (κ3) is 5.79. The number of benzene rings is 2. The third-order valence-corrected chi connectivity index (χ3v) is 6.18. The minimum absolute atomic E-state index is 0.161. The van der Waals surface area contributed by atoms with Crippen LogP contribution in [-0.2, 0) is 16.0 Å². The number of rotatable bonds is 8. The molecule has 0 radical (unpaired) electrons.